The summed E-state index contributed by atoms with van der Waals surface area (Å²) in [5.74, 6) is 0.942. The second-order valence-corrected chi connectivity index (χ2v) is 5.69. The molecule has 0 radical (unpaired) electrons. The van der Waals surface area contributed by atoms with Crippen LogP contribution in [0.15, 0.2) is 35.2 Å². The number of ketones is 1. The van der Waals surface area contributed by atoms with Crippen molar-refractivity contribution in [3.05, 3.63) is 51.2 Å². The van der Waals surface area contributed by atoms with Crippen molar-refractivity contribution in [2.75, 3.05) is 13.7 Å². The van der Waals surface area contributed by atoms with Gasteiger partial charge in [0, 0.05) is 0 Å². The van der Waals surface area contributed by atoms with E-state index in [1.807, 2.05) is 31.4 Å². The summed E-state index contributed by atoms with van der Waals surface area (Å²) in [4.78, 5) is 13.1. The highest BCUT2D eigenvalue weighted by Crippen LogP contribution is 2.29. The number of aryl methyl sites for hydroxylation is 1. The van der Waals surface area contributed by atoms with E-state index in [0.29, 0.717) is 28.5 Å². The average molecular weight is 327 g/mol. The van der Waals surface area contributed by atoms with E-state index in [9.17, 15) is 10.1 Å². The standard InChI is InChI=1S/C18H17NO3S/c1-4-22-16-10-13(5-6-15(16)21-3)9-14(11-19)17(20)18-12(2)7-8-23-18/h5-10H,4H2,1-3H3/b14-9-. The molecule has 0 fully saturated rings. The van der Waals surface area contributed by atoms with Gasteiger partial charge in [-0.3, -0.25) is 4.79 Å². The van der Waals surface area contributed by atoms with Crippen molar-refractivity contribution in [3.8, 4) is 17.6 Å². The summed E-state index contributed by atoms with van der Waals surface area (Å²) < 4.78 is 10.7. The van der Waals surface area contributed by atoms with E-state index in [0.717, 1.165) is 5.56 Å². The molecule has 0 atom stereocenters. The van der Waals surface area contributed by atoms with E-state index < -0.39 is 0 Å². The Morgan fingerprint density at radius 3 is 2.70 bits per heavy atom. The predicted octanol–water partition coefficient (Wildman–Crippen LogP) is 4.25. The molecule has 0 aliphatic rings. The van der Waals surface area contributed by atoms with Crippen molar-refractivity contribution in [3.63, 3.8) is 0 Å². The number of rotatable bonds is 6. The molecular weight excluding hydrogens is 310 g/mol. The van der Waals surface area contributed by atoms with Gasteiger partial charge in [0.2, 0.25) is 5.78 Å². The molecule has 0 spiro atoms. The fourth-order valence-corrected chi connectivity index (χ4v) is 2.97. The largest absolute Gasteiger partial charge is 0.493 e. The molecule has 1 heterocycles. The third-order valence-corrected chi connectivity index (χ3v) is 4.25. The van der Waals surface area contributed by atoms with Crippen LogP contribution in [0.1, 0.15) is 27.7 Å². The minimum absolute atomic E-state index is 0.100. The Bertz CT molecular complexity index is 784. The van der Waals surface area contributed by atoms with Crippen molar-refractivity contribution in [2.45, 2.75) is 13.8 Å². The molecule has 4 nitrogen and oxygen atoms in total. The highest BCUT2D eigenvalue weighted by Gasteiger charge is 2.16. The summed E-state index contributed by atoms with van der Waals surface area (Å²) in [5.41, 5.74) is 1.70. The zero-order chi connectivity index (χ0) is 16.8. The van der Waals surface area contributed by atoms with Gasteiger partial charge in [0.1, 0.15) is 11.6 Å². The molecule has 0 saturated heterocycles. The van der Waals surface area contributed by atoms with Crippen LogP contribution in [0.2, 0.25) is 0 Å². The second-order valence-electron chi connectivity index (χ2n) is 4.77. The lowest BCUT2D eigenvalue weighted by molar-refractivity contribution is 0.104. The number of carbonyl (C=O) groups excluding carboxylic acids is 1. The maximum Gasteiger partial charge on any atom is 0.213 e. The van der Waals surface area contributed by atoms with Crippen LogP contribution in [0.3, 0.4) is 0 Å². The van der Waals surface area contributed by atoms with Crippen molar-refractivity contribution in [2.24, 2.45) is 0 Å². The molecule has 0 unspecified atom stereocenters. The molecule has 0 bridgehead atoms. The van der Waals surface area contributed by atoms with Gasteiger partial charge in [-0.1, -0.05) is 6.07 Å². The highest BCUT2D eigenvalue weighted by molar-refractivity contribution is 7.12. The summed E-state index contributed by atoms with van der Waals surface area (Å²) in [7, 11) is 1.57. The smallest absolute Gasteiger partial charge is 0.213 e. The molecule has 23 heavy (non-hydrogen) atoms. The lowest BCUT2D eigenvalue weighted by Gasteiger charge is -2.09. The Hall–Kier alpha value is -2.58. The highest BCUT2D eigenvalue weighted by atomic mass is 32.1. The Labute approximate surface area is 139 Å². The Kier molecular flexibility index (Phi) is 5.56. The van der Waals surface area contributed by atoms with Crippen LogP contribution < -0.4 is 9.47 Å². The van der Waals surface area contributed by atoms with Crippen molar-refractivity contribution in [1.29, 1.82) is 5.26 Å². The van der Waals surface area contributed by atoms with Crippen LogP contribution in [0, 0.1) is 18.3 Å². The minimum Gasteiger partial charge on any atom is -0.493 e. The summed E-state index contributed by atoms with van der Waals surface area (Å²) in [6, 6.07) is 9.16. The first kappa shape index (κ1) is 16.8. The predicted molar refractivity (Wildman–Crippen MR) is 91.1 cm³/mol. The first-order valence-corrected chi connectivity index (χ1v) is 8.00. The van der Waals surface area contributed by atoms with Gasteiger partial charge in [0.05, 0.1) is 18.6 Å². The van der Waals surface area contributed by atoms with E-state index >= 15 is 0 Å². The molecule has 0 aliphatic carbocycles. The van der Waals surface area contributed by atoms with Gasteiger partial charge in [-0.2, -0.15) is 5.26 Å². The first-order chi connectivity index (χ1) is 11.1. The van der Waals surface area contributed by atoms with Gasteiger partial charge in [-0.25, -0.2) is 0 Å². The lowest BCUT2D eigenvalue weighted by Crippen LogP contribution is -2.01. The number of Topliss-reactive ketones (excluding diaryl/α,β-unsaturated/α-hetero) is 1. The fraction of sp³-hybridized carbons (Fsp3) is 0.222. The number of ether oxygens (including phenoxy) is 2. The van der Waals surface area contributed by atoms with E-state index in [2.05, 4.69) is 0 Å². The normalized spacial score (nSPS) is 11.0. The van der Waals surface area contributed by atoms with Crippen LogP contribution in [-0.2, 0) is 0 Å². The van der Waals surface area contributed by atoms with Crippen LogP contribution in [0.4, 0.5) is 0 Å². The van der Waals surface area contributed by atoms with Gasteiger partial charge in [0.25, 0.3) is 0 Å². The molecule has 0 aliphatic heterocycles. The second kappa shape index (κ2) is 7.61. The summed E-state index contributed by atoms with van der Waals surface area (Å²) in [6.45, 7) is 4.24. The molecule has 0 N–H and O–H groups in total. The Morgan fingerprint density at radius 1 is 1.35 bits per heavy atom. The fourth-order valence-electron chi connectivity index (χ4n) is 2.09. The number of thiophene rings is 1. The maximum atomic E-state index is 12.5. The zero-order valence-corrected chi connectivity index (χ0v) is 14.1. The SMILES string of the molecule is CCOc1cc(/C=C(/C#N)C(=O)c2sccc2C)ccc1OC. The number of allylic oxidation sites excluding steroid dienone is 1. The van der Waals surface area contributed by atoms with Gasteiger partial charge >= 0.3 is 0 Å². The van der Waals surface area contributed by atoms with Crippen LogP contribution in [0.25, 0.3) is 6.08 Å². The van der Waals surface area contributed by atoms with Gasteiger partial charge in [0.15, 0.2) is 11.5 Å². The quantitative estimate of drug-likeness (QED) is 0.452. The number of nitriles is 1. The molecule has 2 aromatic rings. The van der Waals surface area contributed by atoms with Gasteiger partial charge in [-0.05, 0) is 54.6 Å². The number of hydrogen-bond acceptors (Lipinski definition) is 5. The van der Waals surface area contributed by atoms with Crippen LogP contribution in [0.5, 0.6) is 11.5 Å². The third-order valence-electron chi connectivity index (χ3n) is 3.23. The molecule has 1 aromatic heterocycles. The topological polar surface area (TPSA) is 59.3 Å². The minimum atomic E-state index is -0.256. The summed E-state index contributed by atoms with van der Waals surface area (Å²) in [5, 5.41) is 11.2. The van der Waals surface area contributed by atoms with Crippen molar-refractivity contribution in [1.82, 2.24) is 0 Å². The van der Waals surface area contributed by atoms with Crippen LogP contribution >= 0.6 is 11.3 Å². The maximum absolute atomic E-state index is 12.5. The van der Waals surface area contributed by atoms with Crippen molar-refractivity contribution < 1.29 is 14.3 Å². The monoisotopic (exact) mass is 327 g/mol. The van der Waals surface area contributed by atoms with E-state index in [-0.39, 0.29) is 11.4 Å². The molecule has 118 valence electrons. The average Bonchev–Trinajstić information content (AvgIpc) is 2.98. The zero-order valence-electron chi connectivity index (χ0n) is 13.3. The van der Waals surface area contributed by atoms with Gasteiger partial charge in [-0.15, -0.1) is 11.3 Å². The molecule has 1 aromatic carbocycles. The lowest BCUT2D eigenvalue weighted by atomic mass is 10.0. The van der Waals surface area contributed by atoms with E-state index in [1.54, 1.807) is 31.4 Å². The molecule has 0 amide bonds. The Balaban J connectivity index is 2.39. The summed E-state index contributed by atoms with van der Waals surface area (Å²) >= 11 is 1.34. The number of hydrogen-bond donors (Lipinski definition) is 0. The third kappa shape index (κ3) is 3.79. The molecule has 0 saturated carbocycles. The molecule has 5 heteroatoms. The molecular formula is C18H17NO3S. The van der Waals surface area contributed by atoms with Gasteiger partial charge < -0.3 is 9.47 Å². The molecule has 2 rings (SSSR count). The number of methoxy groups -OCH3 is 1. The van der Waals surface area contributed by atoms with Crippen molar-refractivity contribution >= 4 is 23.2 Å². The number of carbonyl (C=O) groups is 1. The van der Waals surface area contributed by atoms with E-state index in [4.69, 9.17) is 9.47 Å². The van der Waals surface area contributed by atoms with Crippen LogP contribution in [-0.4, -0.2) is 19.5 Å². The first-order valence-electron chi connectivity index (χ1n) is 7.12. The number of nitrogens with zero attached hydrogens (tertiary/aromatic N) is 1. The Morgan fingerprint density at radius 2 is 2.13 bits per heavy atom. The summed E-state index contributed by atoms with van der Waals surface area (Å²) in [6.07, 6.45) is 1.57. The number of benzene rings is 1. The van der Waals surface area contributed by atoms with E-state index in [1.165, 1.54) is 11.3 Å².